The molecule has 3 heteroatoms. The molecule has 1 rings (SSSR count). The number of methoxy groups -OCH3 is 1. The lowest BCUT2D eigenvalue weighted by molar-refractivity contribution is 0.218. The van der Waals surface area contributed by atoms with Crippen LogP contribution >= 0.6 is 11.8 Å². The number of hydrogen-bond donors (Lipinski definition) is 1. The normalized spacial score (nSPS) is 26.6. The number of ether oxygens (including phenoxy) is 1. The van der Waals surface area contributed by atoms with E-state index in [-0.39, 0.29) is 0 Å². The summed E-state index contributed by atoms with van der Waals surface area (Å²) in [5, 5.41) is 4.54. The van der Waals surface area contributed by atoms with Gasteiger partial charge in [-0.15, -0.1) is 0 Å². The molecule has 2 atom stereocenters. The summed E-state index contributed by atoms with van der Waals surface area (Å²) in [6, 6.07) is 0.740. The van der Waals surface area contributed by atoms with Crippen molar-refractivity contribution in [3.63, 3.8) is 0 Å². The lowest BCUT2D eigenvalue weighted by Gasteiger charge is -2.25. The molecular formula is C13H27NOS. The van der Waals surface area contributed by atoms with Gasteiger partial charge in [-0.2, -0.15) is 11.8 Å². The van der Waals surface area contributed by atoms with Gasteiger partial charge in [0.05, 0.1) is 6.61 Å². The fraction of sp³-hybridized carbons (Fsp3) is 1.00. The van der Waals surface area contributed by atoms with Gasteiger partial charge >= 0.3 is 0 Å². The molecule has 1 N–H and O–H groups in total. The predicted octanol–water partition coefficient (Wildman–Crippen LogP) is 3.07. The first-order valence-corrected chi connectivity index (χ1v) is 7.77. The zero-order chi connectivity index (χ0) is 11.6. The van der Waals surface area contributed by atoms with E-state index in [9.17, 15) is 0 Å². The molecule has 0 radical (unpaired) electrons. The van der Waals surface area contributed by atoms with Crippen LogP contribution in [0.3, 0.4) is 0 Å². The van der Waals surface area contributed by atoms with Gasteiger partial charge < -0.3 is 10.1 Å². The molecule has 0 saturated heterocycles. The zero-order valence-electron chi connectivity index (χ0n) is 10.8. The Morgan fingerprint density at radius 1 is 1.25 bits per heavy atom. The molecule has 0 bridgehead atoms. The zero-order valence-corrected chi connectivity index (χ0v) is 11.7. The average molecular weight is 245 g/mol. The van der Waals surface area contributed by atoms with Crippen molar-refractivity contribution in [3.05, 3.63) is 0 Å². The second kappa shape index (κ2) is 9.32. The number of rotatable bonds is 7. The van der Waals surface area contributed by atoms with Gasteiger partial charge in [0, 0.05) is 24.2 Å². The Morgan fingerprint density at radius 3 is 2.81 bits per heavy atom. The van der Waals surface area contributed by atoms with Crippen LogP contribution in [0.1, 0.15) is 45.4 Å². The van der Waals surface area contributed by atoms with Crippen molar-refractivity contribution < 1.29 is 4.74 Å². The Labute approximate surface area is 105 Å². The molecule has 0 heterocycles. The molecule has 2 unspecified atom stereocenters. The van der Waals surface area contributed by atoms with Crippen molar-refractivity contribution in [3.8, 4) is 0 Å². The van der Waals surface area contributed by atoms with Gasteiger partial charge in [0.15, 0.2) is 0 Å². The third-order valence-electron chi connectivity index (χ3n) is 3.23. The summed E-state index contributed by atoms with van der Waals surface area (Å²) < 4.78 is 5.14. The number of hydrogen-bond acceptors (Lipinski definition) is 3. The molecule has 1 aliphatic carbocycles. The summed E-state index contributed by atoms with van der Waals surface area (Å²) in [4.78, 5) is 0. The van der Waals surface area contributed by atoms with Crippen LogP contribution in [0.25, 0.3) is 0 Å². The van der Waals surface area contributed by atoms with Crippen LogP contribution < -0.4 is 5.32 Å². The second-order valence-electron chi connectivity index (χ2n) is 4.60. The van der Waals surface area contributed by atoms with Crippen LogP contribution in [0.2, 0.25) is 0 Å². The third kappa shape index (κ3) is 5.55. The first kappa shape index (κ1) is 14.3. The highest BCUT2D eigenvalue weighted by molar-refractivity contribution is 7.99. The van der Waals surface area contributed by atoms with Gasteiger partial charge in [-0.05, 0) is 25.8 Å². The smallest absolute Gasteiger partial charge is 0.0553 e. The van der Waals surface area contributed by atoms with Gasteiger partial charge in [0.25, 0.3) is 0 Å². The first-order valence-electron chi connectivity index (χ1n) is 6.72. The summed E-state index contributed by atoms with van der Waals surface area (Å²) in [5.74, 6) is 1.14. The van der Waals surface area contributed by atoms with Crippen LogP contribution in [-0.4, -0.2) is 37.3 Å². The van der Waals surface area contributed by atoms with Crippen molar-refractivity contribution in [2.75, 3.05) is 26.0 Å². The third-order valence-corrected chi connectivity index (χ3v) is 4.62. The molecule has 1 fully saturated rings. The van der Waals surface area contributed by atoms with E-state index < -0.39 is 0 Å². The van der Waals surface area contributed by atoms with E-state index in [1.807, 2.05) is 0 Å². The minimum absolute atomic E-state index is 0.740. The van der Waals surface area contributed by atoms with Crippen LogP contribution in [-0.2, 0) is 4.74 Å². The number of thioether (sulfide) groups is 1. The molecule has 96 valence electrons. The van der Waals surface area contributed by atoms with Gasteiger partial charge in [0.1, 0.15) is 0 Å². The Kier molecular flexibility index (Phi) is 8.34. The molecule has 1 aliphatic rings. The van der Waals surface area contributed by atoms with Crippen LogP contribution in [0.15, 0.2) is 0 Å². The predicted molar refractivity (Wildman–Crippen MR) is 73.3 cm³/mol. The Hall–Kier alpha value is 0.270. The van der Waals surface area contributed by atoms with Crippen LogP contribution in [0.5, 0.6) is 0 Å². The average Bonchev–Trinajstić information content (AvgIpc) is 2.52. The summed E-state index contributed by atoms with van der Waals surface area (Å²) >= 11 is 2.11. The van der Waals surface area contributed by atoms with E-state index in [0.29, 0.717) is 0 Å². The van der Waals surface area contributed by atoms with Crippen molar-refractivity contribution >= 4 is 11.8 Å². The Bertz CT molecular complexity index is 166. The lowest BCUT2D eigenvalue weighted by atomic mass is 10.1. The number of nitrogens with one attached hydrogen (secondary N) is 1. The highest BCUT2D eigenvalue weighted by Crippen LogP contribution is 2.27. The van der Waals surface area contributed by atoms with Crippen molar-refractivity contribution in [2.24, 2.45) is 0 Å². The standard InChI is InChI=1S/C13H27NOS/c1-3-9-14-12-7-5-4-6-8-13(12)16-11-10-15-2/h12-14H,3-11H2,1-2H3. The molecule has 0 aromatic heterocycles. The maximum atomic E-state index is 5.14. The maximum absolute atomic E-state index is 5.14. The van der Waals surface area contributed by atoms with E-state index in [1.165, 1.54) is 45.1 Å². The largest absolute Gasteiger partial charge is 0.384 e. The van der Waals surface area contributed by atoms with E-state index in [1.54, 1.807) is 7.11 Å². The fourth-order valence-corrected chi connectivity index (χ4v) is 3.68. The van der Waals surface area contributed by atoms with Crippen molar-refractivity contribution in [1.29, 1.82) is 0 Å². The van der Waals surface area contributed by atoms with Crippen LogP contribution in [0, 0.1) is 0 Å². The SMILES string of the molecule is CCCNC1CCCCCC1SCCOC. The molecule has 0 aromatic rings. The molecule has 0 aromatic carbocycles. The summed E-state index contributed by atoms with van der Waals surface area (Å²) in [7, 11) is 1.79. The minimum atomic E-state index is 0.740. The highest BCUT2D eigenvalue weighted by Gasteiger charge is 2.22. The van der Waals surface area contributed by atoms with Crippen molar-refractivity contribution in [1.82, 2.24) is 5.32 Å². The quantitative estimate of drug-likeness (QED) is 0.550. The lowest BCUT2D eigenvalue weighted by Crippen LogP contribution is -2.38. The van der Waals surface area contributed by atoms with E-state index >= 15 is 0 Å². The molecule has 2 nitrogen and oxygen atoms in total. The van der Waals surface area contributed by atoms with Gasteiger partial charge in [-0.3, -0.25) is 0 Å². The maximum Gasteiger partial charge on any atom is 0.0553 e. The molecule has 0 spiro atoms. The van der Waals surface area contributed by atoms with E-state index in [0.717, 1.165) is 23.7 Å². The highest BCUT2D eigenvalue weighted by atomic mass is 32.2. The van der Waals surface area contributed by atoms with Gasteiger partial charge in [0.2, 0.25) is 0 Å². The molecular weight excluding hydrogens is 218 g/mol. The molecule has 0 amide bonds. The van der Waals surface area contributed by atoms with Crippen molar-refractivity contribution in [2.45, 2.75) is 56.7 Å². The van der Waals surface area contributed by atoms with Gasteiger partial charge in [-0.1, -0.05) is 26.2 Å². The summed E-state index contributed by atoms with van der Waals surface area (Å²) in [6.45, 7) is 4.31. The molecule has 1 saturated carbocycles. The monoisotopic (exact) mass is 245 g/mol. The second-order valence-corrected chi connectivity index (χ2v) is 5.95. The Balaban J connectivity index is 2.32. The minimum Gasteiger partial charge on any atom is -0.384 e. The topological polar surface area (TPSA) is 21.3 Å². The summed E-state index contributed by atoms with van der Waals surface area (Å²) in [5.41, 5.74) is 0. The Morgan fingerprint density at radius 2 is 2.06 bits per heavy atom. The molecule has 16 heavy (non-hydrogen) atoms. The first-order chi connectivity index (χ1) is 7.88. The van der Waals surface area contributed by atoms with E-state index in [2.05, 4.69) is 24.0 Å². The summed E-state index contributed by atoms with van der Waals surface area (Å²) in [6.07, 6.45) is 8.23. The van der Waals surface area contributed by atoms with Crippen LogP contribution in [0.4, 0.5) is 0 Å². The fourth-order valence-electron chi connectivity index (χ4n) is 2.32. The van der Waals surface area contributed by atoms with Gasteiger partial charge in [-0.25, -0.2) is 0 Å². The van der Waals surface area contributed by atoms with E-state index in [4.69, 9.17) is 4.74 Å². The molecule has 0 aliphatic heterocycles.